The predicted octanol–water partition coefficient (Wildman–Crippen LogP) is 3.30. The van der Waals surface area contributed by atoms with Gasteiger partial charge in [-0.05, 0) is 37.1 Å². The van der Waals surface area contributed by atoms with E-state index in [0.29, 0.717) is 6.42 Å². The number of fused-ring (bicyclic) bond motifs is 1. The van der Waals surface area contributed by atoms with Gasteiger partial charge >= 0.3 is 6.09 Å². The van der Waals surface area contributed by atoms with Crippen LogP contribution in [0, 0.1) is 0 Å². The maximum absolute atomic E-state index is 12.6. The van der Waals surface area contributed by atoms with Crippen molar-refractivity contribution >= 4 is 22.8 Å². The summed E-state index contributed by atoms with van der Waals surface area (Å²) in [6, 6.07) is 13.2. The Labute approximate surface area is 154 Å². The van der Waals surface area contributed by atoms with Crippen LogP contribution in [0.25, 0.3) is 10.8 Å². The Balaban J connectivity index is 2.21. The molecule has 0 aromatic heterocycles. The zero-order valence-electron chi connectivity index (χ0n) is 15.9. The highest BCUT2D eigenvalue weighted by Gasteiger charge is 2.27. The predicted molar refractivity (Wildman–Crippen MR) is 101 cm³/mol. The van der Waals surface area contributed by atoms with E-state index >= 15 is 0 Å². The molecule has 1 unspecified atom stereocenters. The van der Waals surface area contributed by atoms with Crippen LogP contribution in [0.1, 0.15) is 26.3 Å². The summed E-state index contributed by atoms with van der Waals surface area (Å²) in [5, 5.41) is 5.95. The van der Waals surface area contributed by atoms with Crippen LogP contribution in [0.3, 0.4) is 0 Å². The molecule has 0 radical (unpaired) electrons. The summed E-state index contributed by atoms with van der Waals surface area (Å²) >= 11 is 0. The standard InChI is InChI=1S/C20H26N2O4/c1-20(2,3)26-19(24)21-17(18(23)22(4)25-5)13-14-10-11-15-8-6-7-9-16(15)12-14/h6-12,17H,13H2,1-5H3,(H,21,24). The molecule has 26 heavy (non-hydrogen) atoms. The zero-order chi connectivity index (χ0) is 19.3. The molecule has 0 bridgehead atoms. The number of benzene rings is 2. The Bertz CT molecular complexity index is 783. The van der Waals surface area contributed by atoms with E-state index in [4.69, 9.17) is 9.57 Å². The average molecular weight is 358 g/mol. The number of hydroxylamine groups is 2. The quantitative estimate of drug-likeness (QED) is 0.833. The van der Waals surface area contributed by atoms with Crippen molar-refractivity contribution in [1.29, 1.82) is 0 Å². The third kappa shape index (κ3) is 5.46. The Morgan fingerprint density at radius 1 is 1.12 bits per heavy atom. The van der Waals surface area contributed by atoms with Crippen LogP contribution in [0.4, 0.5) is 4.79 Å². The molecule has 2 rings (SSSR count). The first-order chi connectivity index (χ1) is 12.2. The summed E-state index contributed by atoms with van der Waals surface area (Å²) < 4.78 is 5.28. The number of carbonyl (C=O) groups excluding carboxylic acids is 2. The normalized spacial score (nSPS) is 12.5. The number of ether oxygens (including phenoxy) is 1. The fourth-order valence-electron chi connectivity index (χ4n) is 2.56. The highest BCUT2D eigenvalue weighted by molar-refractivity contribution is 5.86. The number of nitrogens with zero attached hydrogens (tertiary/aromatic N) is 1. The Morgan fingerprint density at radius 2 is 1.77 bits per heavy atom. The van der Waals surface area contributed by atoms with E-state index in [9.17, 15) is 9.59 Å². The van der Waals surface area contributed by atoms with Crippen molar-refractivity contribution in [3.63, 3.8) is 0 Å². The van der Waals surface area contributed by atoms with Gasteiger partial charge in [0.1, 0.15) is 11.6 Å². The highest BCUT2D eigenvalue weighted by atomic mass is 16.7. The van der Waals surface area contributed by atoms with Crippen LogP contribution in [-0.4, -0.2) is 42.9 Å². The van der Waals surface area contributed by atoms with Crippen molar-refractivity contribution in [2.75, 3.05) is 14.2 Å². The third-order valence-corrected chi connectivity index (χ3v) is 3.83. The van der Waals surface area contributed by atoms with E-state index in [1.165, 1.54) is 14.2 Å². The molecule has 1 atom stereocenters. The van der Waals surface area contributed by atoms with Crippen LogP contribution in [0.5, 0.6) is 0 Å². The lowest BCUT2D eigenvalue weighted by Gasteiger charge is -2.25. The molecule has 0 spiro atoms. The lowest BCUT2D eigenvalue weighted by molar-refractivity contribution is -0.171. The minimum Gasteiger partial charge on any atom is -0.444 e. The molecule has 6 nitrogen and oxygen atoms in total. The van der Waals surface area contributed by atoms with Gasteiger partial charge in [-0.1, -0.05) is 42.5 Å². The molecule has 0 fully saturated rings. The Hall–Kier alpha value is -2.60. The summed E-state index contributed by atoms with van der Waals surface area (Å²) in [7, 11) is 2.91. The zero-order valence-corrected chi connectivity index (χ0v) is 15.9. The topological polar surface area (TPSA) is 67.9 Å². The SMILES string of the molecule is CON(C)C(=O)C(Cc1ccc2ccccc2c1)NC(=O)OC(C)(C)C. The second-order valence-electron chi connectivity index (χ2n) is 7.10. The molecule has 0 heterocycles. The van der Waals surface area contributed by atoms with Gasteiger partial charge in [-0.25, -0.2) is 9.86 Å². The van der Waals surface area contributed by atoms with Crippen molar-refractivity contribution in [2.45, 2.75) is 38.8 Å². The number of likely N-dealkylation sites (N-methyl/N-ethyl adjacent to an activating group) is 1. The molecular weight excluding hydrogens is 332 g/mol. The Kier molecular flexibility index (Phi) is 6.21. The van der Waals surface area contributed by atoms with Crippen LogP contribution in [-0.2, 0) is 20.8 Å². The second-order valence-corrected chi connectivity index (χ2v) is 7.10. The summed E-state index contributed by atoms with van der Waals surface area (Å²) in [6.07, 6.45) is -0.308. The van der Waals surface area contributed by atoms with Gasteiger partial charge in [-0.15, -0.1) is 0 Å². The molecule has 6 heteroatoms. The molecule has 0 aliphatic heterocycles. The molecule has 0 saturated heterocycles. The maximum atomic E-state index is 12.6. The molecule has 2 aromatic carbocycles. The van der Waals surface area contributed by atoms with Crippen molar-refractivity contribution < 1.29 is 19.2 Å². The van der Waals surface area contributed by atoms with Gasteiger partial charge in [-0.3, -0.25) is 9.63 Å². The monoisotopic (exact) mass is 358 g/mol. The van der Waals surface area contributed by atoms with Crippen LogP contribution in [0.2, 0.25) is 0 Å². The Morgan fingerprint density at radius 3 is 2.38 bits per heavy atom. The minimum atomic E-state index is -0.795. The lowest BCUT2D eigenvalue weighted by Crippen LogP contribution is -2.49. The first kappa shape index (κ1) is 19.7. The van der Waals surface area contributed by atoms with Crippen molar-refractivity contribution in [3.8, 4) is 0 Å². The average Bonchev–Trinajstić information content (AvgIpc) is 2.58. The molecule has 140 valence electrons. The number of hydrogen-bond donors (Lipinski definition) is 1. The second kappa shape index (κ2) is 8.19. The molecule has 0 aliphatic rings. The first-order valence-electron chi connectivity index (χ1n) is 8.48. The largest absolute Gasteiger partial charge is 0.444 e. The number of amides is 2. The molecule has 1 N–H and O–H groups in total. The van der Waals surface area contributed by atoms with Gasteiger partial charge in [0.05, 0.1) is 7.11 Å². The summed E-state index contributed by atoms with van der Waals surface area (Å²) in [5.41, 5.74) is 0.288. The molecule has 2 aromatic rings. The molecular formula is C20H26N2O4. The molecule has 0 saturated carbocycles. The van der Waals surface area contributed by atoms with Crippen molar-refractivity contribution in [2.24, 2.45) is 0 Å². The highest BCUT2D eigenvalue weighted by Crippen LogP contribution is 2.17. The minimum absolute atomic E-state index is 0.330. The molecule has 2 amide bonds. The number of rotatable bonds is 5. The van der Waals surface area contributed by atoms with Crippen LogP contribution >= 0.6 is 0 Å². The number of nitrogens with one attached hydrogen (secondary N) is 1. The van der Waals surface area contributed by atoms with Crippen LogP contribution in [0.15, 0.2) is 42.5 Å². The summed E-state index contributed by atoms with van der Waals surface area (Å²) in [6.45, 7) is 5.32. The van der Waals surface area contributed by atoms with E-state index in [0.717, 1.165) is 21.4 Å². The third-order valence-electron chi connectivity index (χ3n) is 3.83. The van der Waals surface area contributed by atoms with E-state index in [2.05, 4.69) is 5.32 Å². The van der Waals surface area contributed by atoms with E-state index in [-0.39, 0.29) is 5.91 Å². The lowest BCUT2D eigenvalue weighted by atomic mass is 10.0. The van der Waals surface area contributed by atoms with Crippen LogP contribution < -0.4 is 5.32 Å². The smallest absolute Gasteiger partial charge is 0.408 e. The number of hydrogen-bond acceptors (Lipinski definition) is 4. The summed E-state index contributed by atoms with van der Waals surface area (Å²) in [4.78, 5) is 29.7. The van der Waals surface area contributed by atoms with Gasteiger partial charge < -0.3 is 10.1 Å². The van der Waals surface area contributed by atoms with E-state index < -0.39 is 17.7 Å². The van der Waals surface area contributed by atoms with Gasteiger partial charge in [0, 0.05) is 13.5 Å². The number of carbonyl (C=O) groups is 2. The van der Waals surface area contributed by atoms with Gasteiger partial charge in [-0.2, -0.15) is 0 Å². The van der Waals surface area contributed by atoms with E-state index in [1.54, 1.807) is 20.8 Å². The fourth-order valence-corrected chi connectivity index (χ4v) is 2.56. The van der Waals surface area contributed by atoms with E-state index in [1.807, 2.05) is 42.5 Å². The number of alkyl carbamates (subject to hydrolysis) is 1. The fraction of sp³-hybridized carbons (Fsp3) is 0.400. The van der Waals surface area contributed by atoms with Crippen molar-refractivity contribution in [3.05, 3.63) is 48.0 Å². The van der Waals surface area contributed by atoms with Crippen molar-refractivity contribution in [1.82, 2.24) is 10.4 Å². The van der Waals surface area contributed by atoms with Gasteiger partial charge in [0.25, 0.3) is 5.91 Å². The maximum Gasteiger partial charge on any atom is 0.408 e. The first-order valence-corrected chi connectivity index (χ1v) is 8.48. The summed E-state index contributed by atoms with van der Waals surface area (Å²) in [5.74, 6) is -0.355. The molecule has 0 aliphatic carbocycles. The van der Waals surface area contributed by atoms with Gasteiger partial charge in [0.15, 0.2) is 0 Å². The van der Waals surface area contributed by atoms with Gasteiger partial charge in [0.2, 0.25) is 0 Å².